The Kier molecular flexibility index (Phi) is 3.12. The molecule has 0 radical (unpaired) electrons. The second-order valence-corrected chi connectivity index (χ2v) is 5.72. The third-order valence-corrected chi connectivity index (χ3v) is 3.93. The van der Waals surface area contributed by atoms with Crippen molar-refractivity contribution in [3.8, 4) is 0 Å². The summed E-state index contributed by atoms with van der Waals surface area (Å²) >= 11 is 0. The maximum Gasteiger partial charge on any atom is 0.257 e. The second kappa shape index (κ2) is 4.81. The van der Waals surface area contributed by atoms with Crippen molar-refractivity contribution in [2.75, 3.05) is 6.54 Å². The molecule has 106 valence electrons. The molecule has 0 saturated heterocycles. The van der Waals surface area contributed by atoms with Crippen LogP contribution in [-0.4, -0.2) is 31.7 Å². The van der Waals surface area contributed by atoms with Crippen LogP contribution in [0, 0.1) is 5.92 Å². The van der Waals surface area contributed by atoms with Gasteiger partial charge in [-0.2, -0.15) is 5.10 Å². The molecule has 0 unspecified atom stereocenters. The van der Waals surface area contributed by atoms with Crippen molar-refractivity contribution in [3.63, 3.8) is 0 Å². The Labute approximate surface area is 118 Å². The molecule has 5 nitrogen and oxygen atoms in total. The molecule has 1 aliphatic rings. The Balaban J connectivity index is 1.95. The molecule has 20 heavy (non-hydrogen) atoms. The van der Waals surface area contributed by atoms with Gasteiger partial charge >= 0.3 is 0 Å². The first-order chi connectivity index (χ1) is 9.58. The zero-order chi connectivity index (χ0) is 14.3. The van der Waals surface area contributed by atoms with Crippen LogP contribution < -0.4 is 0 Å². The molecule has 3 rings (SSSR count). The molecule has 2 aromatic rings. The summed E-state index contributed by atoms with van der Waals surface area (Å²) in [4.78, 5) is 14.7. The number of amides is 1. The molecule has 0 saturated carbocycles. The normalized spacial score (nSPS) is 18.4. The van der Waals surface area contributed by atoms with E-state index < -0.39 is 0 Å². The highest BCUT2D eigenvalue weighted by Crippen LogP contribution is 2.33. The number of carbonyl (C=O) groups excluding carboxylic acids is 1. The lowest BCUT2D eigenvalue weighted by molar-refractivity contribution is 0.0556. The number of hydrogen-bond acceptors (Lipinski definition) is 2. The van der Waals surface area contributed by atoms with Crippen molar-refractivity contribution >= 4 is 5.91 Å². The van der Waals surface area contributed by atoms with E-state index in [0.717, 1.165) is 13.1 Å². The highest BCUT2D eigenvalue weighted by Gasteiger charge is 2.33. The predicted molar refractivity (Wildman–Crippen MR) is 76.3 cm³/mol. The van der Waals surface area contributed by atoms with Crippen molar-refractivity contribution in [2.45, 2.75) is 26.4 Å². The number of fused-ring (bicyclic) bond motifs is 1. The van der Waals surface area contributed by atoms with E-state index in [9.17, 15) is 4.79 Å². The van der Waals surface area contributed by atoms with Crippen molar-refractivity contribution in [1.82, 2.24) is 19.2 Å². The average molecular weight is 272 g/mol. The highest BCUT2D eigenvalue weighted by atomic mass is 16.2. The van der Waals surface area contributed by atoms with Crippen molar-refractivity contribution in [1.29, 1.82) is 0 Å². The predicted octanol–water partition coefficient (Wildman–Crippen LogP) is 2.07. The molecule has 0 bridgehead atoms. The zero-order valence-corrected chi connectivity index (χ0v) is 12.2. The van der Waals surface area contributed by atoms with Gasteiger partial charge in [-0.3, -0.25) is 9.48 Å². The Morgan fingerprint density at radius 2 is 2.20 bits per heavy atom. The minimum Gasteiger partial charge on any atom is -0.348 e. The van der Waals surface area contributed by atoms with Crippen LogP contribution in [0.3, 0.4) is 0 Å². The third kappa shape index (κ3) is 2.03. The van der Waals surface area contributed by atoms with E-state index in [1.165, 1.54) is 5.69 Å². The van der Waals surface area contributed by atoms with Crippen LogP contribution in [-0.2, 0) is 13.6 Å². The van der Waals surface area contributed by atoms with Gasteiger partial charge in [0, 0.05) is 38.2 Å². The Morgan fingerprint density at radius 1 is 1.40 bits per heavy atom. The smallest absolute Gasteiger partial charge is 0.257 e. The monoisotopic (exact) mass is 272 g/mol. The first-order valence-electron chi connectivity index (χ1n) is 7.02. The summed E-state index contributed by atoms with van der Waals surface area (Å²) in [5.74, 6) is 0.453. The molecular weight excluding hydrogens is 252 g/mol. The van der Waals surface area contributed by atoms with Gasteiger partial charge in [0.2, 0.25) is 0 Å². The van der Waals surface area contributed by atoms with Gasteiger partial charge in [-0.25, -0.2) is 0 Å². The summed E-state index contributed by atoms with van der Waals surface area (Å²) in [6.45, 7) is 5.93. The van der Waals surface area contributed by atoms with Crippen molar-refractivity contribution < 1.29 is 4.79 Å². The van der Waals surface area contributed by atoms with Crippen molar-refractivity contribution in [2.24, 2.45) is 13.0 Å². The van der Waals surface area contributed by atoms with E-state index in [1.807, 2.05) is 11.9 Å². The van der Waals surface area contributed by atoms with E-state index in [-0.39, 0.29) is 11.9 Å². The molecular formula is C15H20N4O. The lowest BCUT2D eigenvalue weighted by Crippen LogP contribution is -2.43. The van der Waals surface area contributed by atoms with Crippen LogP contribution >= 0.6 is 0 Å². The molecule has 1 atom stereocenters. The Hall–Kier alpha value is -2.04. The molecule has 0 spiro atoms. The van der Waals surface area contributed by atoms with Gasteiger partial charge in [0.1, 0.15) is 0 Å². The first-order valence-corrected chi connectivity index (χ1v) is 7.02. The van der Waals surface area contributed by atoms with E-state index >= 15 is 0 Å². The van der Waals surface area contributed by atoms with Crippen LogP contribution in [0.1, 0.15) is 35.9 Å². The topological polar surface area (TPSA) is 43.1 Å². The number of carbonyl (C=O) groups is 1. The third-order valence-electron chi connectivity index (χ3n) is 3.93. The van der Waals surface area contributed by atoms with Crippen LogP contribution in [0.15, 0.2) is 30.7 Å². The fourth-order valence-electron chi connectivity index (χ4n) is 3.04. The SMILES string of the molecule is CC(C)[C@@H]1c2cccn2CCN1C(=O)c1cnn(C)c1. The summed E-state index contributed by atoms with van der Waals surface area (Å²) in [7, 11) is 1.83. The fourth-order valence-corrected chi connectivity index (χ4v) is 3.04. The molecule has 0 aliphatic carbocycles. The quantitative estimate of drug-likeness (QED) is 0.840. The van der Waals surface area contributed by atoms with Gasteiger partial charge < -0.3 is 9.47 Å². The summed E-state index contributed by atoms with van der Waals surface area (Å²) in [5.41, 5.74) is 1.89. The van der Waals surface area contributed by atoms with Crippen molar-refractivity contribution in [3.05, 3.63) is 42.0 Å². The van der Waals surface area contributed by atoms with Gasteiger partial charge in [0.25, 0.3) is 5.91 Å². The maximum atomic E-state index is 12.7. The van der Waals surface area contributed by atoms with E-state index in [4.69, 9.17) is 0 Å². The zero-order valence-electron chi connectivity index (χ0n) is 12.2. The fraction of sp³-hybridized carbons (Fsp3) is 0.467. The first kappa shape index (κ1) is 13.0. The van der Waals surface area contributed by atoms with E-state index in [1.54, 1.807) is 17.1 Å². The molecule has 1 aliphatic heterocycles. The summed E-state index contributed by atoms with van der Waals surface area (Å²) < 4.78 is 3.92. The van der Waals surface area contributed by atoms with E-state index in [0.29, 0.717) is 11.5 Å². The standard InChI is InChI=1S/C15H20N4O/c1-11(2)14-13-5-4-6-18(13)7-8-19(14)15(20)12-9-16-17(3)10-12/h4-6,9-11,14H,7-8H2,1-3H3/t14-/m1/s1. The molecule has 3 heterocycles. The second-order valence-electron chi connectivity index (χ2n) is 5.72. The molecule has 1 amide bonds. The average Bonchev–Trinajstić information content (AvgIpc) is 3.04. The molecule has 0 aromatic carbocycles. The van der Waals surface area contributed by atoms with Crippen LogP contribution in [0.25, 0.3) is 0 Å². The van der Waals surface area contributed by atoms with Gasteiger partial charge in [-0.15, -0.1) is 0 Å². The molecule has 0 N–H and O–H groups in total. The number of hydrogen-bond donors (Lipinski definition) is 0. The number of rotatable bonds is 2. The lowest BCUT2D eigenvalue weighted by Gasteiger charge is -2.39. The summed E-state index contributed by atoms with van der Waals surface area (Å²) in [6.07, 6.45) is 5.53. The highest BCUT2D eigenvalue weighted by molar-refractivity contribution is 5.94. The summed E-state index contributed by atoms with van der Waals surface area (Å²) in [5, 5.41) is 4.10. The van der Waals surface area contributed by atoms with Gasteiger partial charge in [0.05, 0.1) is 17.8 Å². The van der Waals surface area contributed by atoms with Crippen LogP contribution in [0.2, 0.25) is 0 Å². The maximum absolute atomic E-state index is 12.7. The Bertz CT molecular complexity index is 625. The van der Waals surface area contributed by atoms with Crippen LogP contribution in [0.4, 0.5) is 0 Å². The molecule has 2 aromatic heterocycles. The minimum absolute atomic E-state index is 0.0734. The number of nitrogens with zero attached hydrogens (tertiary/aromatic N) is 4. The van der Waals surface area contributed by atoms with Gasteiger partial charge in [-0.05, 0) is 18.1 Å². The van der Waals surface area contributed by atoms with Crippen LogP contribution in [0.5, 0.6) is 0 Å². The largest absolute Gasteiger partial charge is 0.348 e. The number of aromatic nitrogens is 3. The summed E-state index contributed by atoms with van der Waals surface area (Å²) in [6, 6.07) is 4.31. The van der Waals surface area contributed by atoms with Gasteiger partial charge in [0.15, 0.2) is 0 Å². The molecule has 0 fully saturated rings. The van der Waals surface area contributed by atoms with Gasteiger partial charge in [-0.1, -0.05) is 13.8 Å². The lowest BCUT2D eigenvalue weighted by atomic mass is 9.96. The Morgan fingerprint density at radius 3 is 2.85 bits per heavy atom. The molecule has 5 heteroatoms. The minimum atomic E-state index is 0.0734. The number of aryl methyl sites for hydroxylation is 1. The van der Waals surface area contributed by atoms with E-state index in [2.05, 4.69) is 41.8 Å².